The van der Waals surface area contributed by atoms with E-state index in [0.717, 1.165) is 122 Å². The van der Waals surface area contributed by atoms with Gasteiger partial charge in [-0.3, -0.25) is 0 Å². The Bertz CT molecular complexity index is 6530. The number of nitrogens with zero attached hydrogens (tertiary/aromatic N) is 8. The van der Waals surface area contributed by atoms with E-state index >= 15 is 0 Å². The molecule has 0 N–H and O–H groups in total. The average Bonchev–Trinajstić information content (AvgIpc) is 1.72. The Balaban J connectivity index is 0.724. The van der Waals surface area contributed by atoms with Gasteiger partial charge in [0.2, 0.25) is 0 Å². The summed E-state index contributed by atoms with van der Waals surface area (Å²) in [6.07, 6.45) is 0. The molecule has 20 rings (SSSR count). The number of aromatic nitrogens is 6. The summed E-state index contributed by atoms with van der Waals surface area (Å²) in [6.45, 7) is 0. The van der Waals surface area contributed by atoms with Crippen LogP contribution in [0.1, 0.15) is 0 Å². The Morgan fingerprint density at radius 1 is 0.208 bits per heavy atom. The lowest BCUT2D eigenvalue weighted by Crippen LogP contribution is -2.10. The van der Waals surface area contributed by atoms with Crippen LogP contribution in [-0.2, 0) is 0 Å². The maximum atomic E-state index is 7.01. The van der Waals surface area contributed by atoms with Gasteiger partial charge in [0.05, 0.1) is 20.8 Å². The Hall–Kier alpha value is -13.1. The maximum absolute atomic E-state index is 7.01. The highest BCUT2D eigenvalue weighted by Crippen LogP contribution is 2.50. The van der Waals surface area contributed by atoms with E-state index < -0.39 is 0 Å². The molecule has 0 aliphatic carbocycles. The third-order valence-electron chi connectivity index (χ3n) is 19.3. The van der Waals surface area contributed by atoms with Crippen LogP contribution in [0.15, 0.2) is 332 Å². The SMILES string of the molecule is c1ccc(-c2nc(-c3ccccc3)nc(-c3ccc(N(c4ccc5oc6cc7c8ccc(N(c9ccc(-c%10nc(-c%11ccccc%11)nc(-c%11ccccc%11)n%10)cc9)c9cccc%10c9sc9ccccc9%10)cc8c8ccccc8c7cc6c5c4)c4cccc5c4sc4ccccc45)cc3)n2)cc1. The van der Waals surface area contributed by atoms with Crippen LogP contribution in [0.2, 0.25) is 0 Å². The molecule has 11 heteroatoms. The number of hydrogen-bond acceptors (Lipinski definition) is 11. The first kappa shape index (κ1) is 58.1. The zero-order valence-corrected chi connectivity index (χ0v) is 55.6. The molecule has 0 saturated heterocycles. The fraction of sp³-hybridized carbons (Fsp3) is 0. The summed E-state index contributed by atoms with van der Waals surface area (Å²) >= 11 is 3.65. The van der Waals surface area contributed by atoms with Gasteiger partial charge >= 0.3 is 0 Å². The van der Waals surface area contributed by atoms with E-state index in [1.54, 1.807) is 0 Å². The van der Waals surface area contributed by atoms with Crippen molar-refractivity contribution < 1.29 is 4.42 Å². The van der Waals surface area contributed by atoms with Crippen molar-refractivity contribution in [3.8, 4) is 68.3 Å². The maximum Gasteiger partial charge on any atom is 0.164 e. The summed E-state index contributed by atoms with van der Waals surface area (Å²) < 4.78 is 11.9. The van der Waals surface area contributed by atoms with Crippen molar-refractivity contribution in [2.45, 2.75) is 0 Å². The molecule has 0 amide bonds. The van der Waals surface area contributed by atoms with E-state index in [9.17, 15) is 0 Å². The van der Waals surface area contributed by atoms with Gasteiger partial charge < -0.3 is 14.2 Å². The highest BCUT2D eigenvalue weighted by Gasteiger charge is 2.25. The standard InChI is InChI=1S/C90H54N8OS2/c1-5-21-55(22-6-1)85-91-86(56-23-7-2-8-24-56)94-89(93-85)59-39-43-61(44-40-59)97(77-35-19-33-70-68-31-15-17-37-81(68)100-83(70)77)63-47-49-67-72(51-63)65-29-13-14-30-66(65)73-53-76-75-52-64(48-50-79(75)99-80(76)54-74(67)73)98(78-36-20-34-71-69-32-16-18-38-82(69)101-84(71)78)62-45-41-60(42-46-62)90-95-87(57-25-9-3-10-26-57)92-88(96-90)58-27-11-4-12-28-58/h1-54H. The van der Waals surface area contributed by atoms with Crippen molar-refractivity contribution in [1.82, 2.24) is 29.9 Å². The minimum Gasteiger partial charge on any atom is -0.456 e. The molecule has 0 aliphatic heterocycles. The minimum atomic E-state index is 0.598. The van der Waals surface area contributed by atoms with Gasteiger partial charge in [-0.1, -0.05) is 212 Å². The average molecular weight is 1330 g/mol. The van der Waals surface area contributed by atoms with E-state index in [4.69, 9.17) is 34.3 Å². The first-order valence-corrected chi connectivity index (χ1v) is 35.3. The second kappa shape index (κ2) is 23.9. The molecule has 0 bridgehead atoms. The molecule has 5 heterocycles. The summed E-state index contributed by atoms with van der Waals surface area (Å²) in [6, 6.07) is 116. The first-order chi connectivity index (χ1) is 50.0. The molecule has 0 spiro atoms. The number of fused-ring (bicyclic) bond motifs is 15. The molecular weight excluding hydrogens is 1270 g/mol. The summed E-state index contributed by atoms with van der Waals surface area (Å²) in [4.78, 5) is 35.2. The van der Waals surface area contributed by atoms with Gasteiger partial charge in [0.15, 0.2) is 34.9 Å². The van der Waals surface area contributed by atoms with Crippen molar-refractivity contribution in [2.24, 2.45) is 0 Å². The van der Waals surface area contributed by atoms with Crippen LogP contribution in [0.5, 0.6) is 0 Å². The predicted molar refractivity (Wildman–Crippen MR) is 421 cm³/mol. The summed E-state index contributed by atoms with van der Waals surface area (Å²) in [5.41, 5.74) is 13.3. The summed E-state index contributed by atoms with van der Waals surface area (Å²) in [5.74, 6) is 3.68. The molecular formula is C90H54N8OS2. The monoisotopic (exact) mass is 1330 g/mol. The van der Waals surface area contributed by atoms with Crippen molar-refractivity contribution >= 4 is 151 Å². The van der Waals surface area contributed by atoms with Crippen LogP contribution in [0.3, 0.4) is 0 Å². The Morgan fingerprint density at radius 2 is 0.525 bits per heavy atom. The van der Waals surface area contributed by atoms with Crippen LogP contribution in [0.25, 0.3) is 163 Å². The summed E-state index contributed by atoms with van der Waals surface area (Å²) in [7, 11) is 0. The molecule has 472 valence electrons. The molecule has 9 nitrogen and oxygen atoms in total. The lowest BCUT2D eigenvalue weighted by atomic mass is 9.92. The third-order valence-corrected chi connectivity index (χ3v) is 21.7. The number of rotatable bonds is 12. The zero-order valence-electron chi connectivity index (χ0n) is 54.0. The topological polar surface area (TPSA) is 97.0 Å². The number of furan rings is 1. The molecule has 101 heavy (non-hydrogen) atoms. The van der Waals surface area contributed by atoms with E-state index in [1.165, 1.54) is 40.3 Å². The largest absolute Gasteiger partial charge is 0.456 e. The predicted octanol–water partition coefficient (Wildman–Crippen LogP) is 25.1. The van der Waals surface area contributed by atoms with Crippen molar-refractivity contribution in [2.75, 3.05) is 9.80 Å². The van der Waals surface area contributed by atoms with E-state index in [-0.39, 0.29) is 0 Å². The molecule has 0 atom stereocenters. The van der Waals surface area contributed by atoms with Crippen LogP contribution >= 0.6 is 22.7 Å². The van der Waals surface area contributed by atoms with Crippen molar-refractivity contribution in [3.05, 3.63) is 328 Å². The lowest BCUT2D eigenvalue weighted by Gasteiger charge is -2.27. The molecule has 0 aliphatic rings. The second-order valence-electron chi connectivity index (χ2n) is 25.3. The van der Waals surface area contributed by atoms with Crippen LogP contribution < -0.4 is 9.80 Å². The van der Waals surface area contributed by atoms with Crippen LogP contribution in [-0.4, -0.2) is 29.9 Å². The first-order valence-electron chi connectivity index (χ1n) is 33.6. The quantitative estimate of drug-likeness (QED) is 0.111. The van der Waals surface area contributed by atoms with Crippen LogP contribution in [0, 0.1) is 0 Å². The molecule has 15 aromatic carbocycles. The molecule has 0 radical (unpaired) electrons. The Labute approximate surface area is 587 Å². The fourth-order valence-electron chi connectivity index (χ4n) is 14.5. The second-order valence-corrected chi connectivity index (χ2v) is 27.4. The highest BCUT2D eigenvalue weighted by atomic mass is 32.1. The van der Waals surface area contributed by atoms with Crippen molar-refractivity contribution in [3.63, 3.8) is 0 Å². The van der Waals surface area contributed by atoms with Gasteiger partial charge in [-0.05, 0) is 148 Å². The van der Waals surface area contributed by atoms with E-state index in [1.807, 2.05) is 144 Å². The zero-order chi connectivity index (χ0) is 66.5. The molecule has 0 unspecified atom stereocenters. The smallest absolute Gasteiger partial charge is 0.164 e. The molecule has 5 aromatic heterocycles. The van der Waals surface area contributed by atoms with Gasteiger partial charge in [0.1, 0.15) is 11.2 Å². The summed E-state index contributed by atoms with van der Waals surface area (Å²) in [5, 5.41) is 13.8. The molecule has 0 saturated carbocycles. The lowest BCUT2D eigenvalue weighted by molar-refractivity contribution is 0.669. The van der Waals surface area contributed by atoms with E-state index in [0.29, 0.717) is 34.9 Å². The fourth-order valence-corrected chi connectivity index (χ4v) is 17.0. The van der Waals surface area contributed by atoms with Gasteiger partial charge in [-0.25, -0.2) is 29.9 Å². The normalized spacial score (nSPS) is 11.8. The van der Waals surface area contributed by atoms with E-state index in [2.05, 4.69) is 216 Å². The minimum absolute atomic E-state index is 0.598. The van der Waals surface area contributed by atoms with Crippen LogP contribution in [0.4, 0.5) is 34.1 Å². The van der Waals surface area contributed by atoms with Gasteiger partial charge in [0.25, 0.3) is 0 Å². The number of benzene rings is 15. The van der Waals surface area contributed by atoms with Gasteiger partial charge in [0, 0.05) is 97.8 Å². The number of hydrogen-bond donors (Lipinski definition) is 0. The van der Waals surface area contributed by atoms with Gasteiger partial charge in [-0.15, -0.1) is 22.7 Å². The molecule has 20 aromatic rings. The van der Waals surface area contributed by atoms with Gasteiger partial charge in [-0.2, -0.15) is 0 Å². The number of thiophene rings is 2. The number of anilines is 6. The molecule has 0 fully saturated rings. The Kier molecular flexibility index (Phi) is 13.7. The highest BCUT2D eigenvalue weighted by molar-refractivity contribution is 7.26. The van der Waals surface area contributed by atoms with Crippen molar-refractivity contribution in [1.29, 1.82) is 0 Å². The third kappa shape index (κ3) is 10.0. The Morgan fingerprint density at radius 3 is 0.960 bits per heavy atom.